The van der Waals surface area contributed by atoms with Crippen LogP contribution in [0.4, 0.5) is 0 Å². The van der Waals surface area contributed by atoms with Gasteiger partial charge < -0.3 is 9.47 Å². The summed E-state index contributed by atoms with van der Waals surface area (Å²) in [6.07, 6.45) is 20.0. The molecule has 0 rings (SSSR count). The number of carbonyl (C=O) groups excluding carboxylic acids is 2. The standard InChI is InChI=1S/C22H42O4S2/c1-2-3-4-5-6-7-8-9-10-11-12-13-14-15-16-17-20(23)25-18-19-26-21(24)22(27)28/h22,27-28H,2-19H2,1H3. The maximum Gasteiger partial charge on any atom is 0.328 e. The van der Waals surface area contributed by atoms with Gasteiger partial charge in [0.15, 0.2) is 0 Å². The van der Waals surface area contributed by atoms with Crippen LogP contribution in [-0.4, -0.2) is 29.7 Å². The number of unbranched alkanes of at least 4 members (excludes halogenated alkanes) is 14. The van der Waals surface area contributed by atoms with Crippen molar-refractivity contribution in [1.29, 1.82) is 0 Å². The molecule has 0 spiro atoms. The van der Waals surface area contributed by atoms with E-state index in [-0.39, 0.29) is 19.2 Å². The quantitative estimate of drug-likeness (QED) is 0.0991. The van der Waals surface area contributed by atoms with Crippen LogP contribution >= 0.6 is 25.3 Å². The second kappa shape index (κ2) is 21.4. The highest BCUT2D eigenvalue weighted by molar-refractivity contribution is 8.00. The highest BCUT2D eigenvalue weighted by Gasteiger charge is 2.10. The van der Waals surface area contributed by atoms with Crippen molar-refractivity contribution >= 4 is 37.2 Å². The van der Waals surface area contributed by atoms with E-state index in [4.69, 9.17) is 9.47 Å². The maximum atomic E-state index is 11.6. The van der Waals surface area contributed by atoms with Gasteiger partial charge in [0, 0.05) is 6.42 Å². The van der Waals surface area contributed by atoms with E-state index in [0.29, 0.717) is 6.42 Å². The molecular weight excluding hydrogens is 392 g/mol. The van der Waals surface area contributed by atoms with Crippen molar-refractivity contribution in [3.63, 3.8) is 0 Å². The van der Waals surface area contributed by atoms with E-state index in [2.05, 4.69) is 32.2 Å². The van der Waals surface area contributed by atoms with Gasteiger partial charge in [-0.25, -0.2) is 4.79 Å². The van der Waals surface area contributed by atoms with Gasteiger partial charge >= 0.3 is 11.9 Å². The normalized spacial score (nSPS) is 11.0. The third kappa shape index (κ3) is 20.4. The van der Waals surface area contributed by atoms with Gasteiger partial charge in [0.1, 0.15) is 17.8 Å². The van der Waals surface area contributed by atoms with Crippen molar-refractivity contribution in [1.82, 2.24) is 0 Å². The maximum absolute atomic E-state index is 11.6. The Morgan fingerprint density at radius 3 is 1.46 bits per heavy atom. The Morgan fingerprint density at radius 2 is 1.04 bits per heavy atom. The summed E-state index contributed by atoms with van der Waals surface area (Å²) in [5.41, 5.74) is 0. The molecule has 0 N–H and O–H groups in total. The van der Waals surface area contributed by atoms with Crippen molar-refractivity contribution in [2.75, 3.05) is 13.2 Å². The summed E-state index contributed by atoms with van der Waals surface area (Å²) < 4.78 is 9.09. The van der Waals surface area contributed by atoms with Crippen LogP contribution < -0.4 is 0 Å². The predicted molar refractivity (Wildman–Crippen MR) is 123 cm³/mol. The first kappa shape index (κ1) is 27.6. The first-order valence-corrected chi connectivity index (χ1v) is 12.3. The van der Waals surface area contributed by atoms with E-state index in [0.717, 1.165) is 12.8 Å². The van der Waals surface area contributed by atoms with Crippen LogP contribution in [-0.2, 0) is 19.1 Å². The van der Waals surface area contributed by atoms with Crippen LogP contribution in [0, 0.1) is 0 Å². The van der Waals surface area contributed by atoms with E-state index in [1.807, 2.05) is 0 Å². The molecule has 0 aromatic rings. The Hall–Kier alpha value is -0.360. The summed E-state index contributed by atoms with van der Waals surface area (Å²) in [5, 5.41) is 0. The fourth-order valence-electron chi connectivity index (χ4n) is 3.09. The molecule has 0 bridgehead atoms. The van der Waals surface area contributed by atoms with Crippen LogP contribution in [0.15, 0.2) is 0 Å². The summed E-state index contributed by atoms with van der Waals surface area (Å²) in [6.45, 7) is 2.42. The third-order valence-corrected chi connectivity index (χ3v) is 5.21. The highest BCUT2D eigenvalue weighted by atomic mass is 32.2. The zero-order valence-electron chi connectivity index (χ0n) is 17.8. The van der Waals surface area contributed by atoms with E-state index in [9.17, 15) is 9.59 Å². The summed E-state index contributed by atoms with van der Waals surface area (Å²) in [6, 6.07) is 0. The van der Waals surface area contributed by atoms with Crippen molar-refractivity contribution < 1.29 is 19.1 Å². The molecule has 0 aliphatic carbocycles. The Kier molecular flexibility index (Phi) is 21.1. The first-order valence-electron chi connectivity index (χ1n) is 11.3. The van der Waals surface area contributed by atoms with Crippen molar-refractivity contribution in [3.8, 4) is 0 Å². The lowest BCUT2D eigenvalue weighted by molar-refractivity contribution is -0.151. The molecule has 0 saturated heterocycles. The Labute approximate surface area is 183 Å². The molecule has 0 aromatic carbocycles. The second-order valence-electron chi connectivity index (χ2n) is 7.46. The molecule has 0 amide bonds. The minimum absolute atomic E-state index is 0.0566. The minimum atomic E-state index is -0.754. The zero-order valence-corrected chi connectivity index (χ0v) is 19.6. The molecule has 0 aromatic heterocycles. The smallest absolute Gasteiger partial charge is 0.328 e. The minimum Gasteiger partial charge on any atom is -0.462 e. The van der Waals surface area contributed by atoms with Crippen molar-refractivity contribution in [2.45, 2.75) is 114 Å². The van der Waals surface area contributed by atoms with Gasteiger partial charge in [-0.3, -0.25) is 4.79 Å². The van der Waals surface area contributed by atoms with Crippen LogP contribution in [0.5, 0.6) is 0 Å². The number of carbonyl (C=O) groups is 2. The summed E-state index contributed by atoms with van der Waals surface area (Å²) in [7, 11) is 0. The van der Waals surface area contributed by atoms with Gasteiger partial charge in [-0.15, -0.1) is 0 Å². The summed E-state index contributed by atoms with van der Waals surface area (Å²) in [4.78, 5) is 22.7. The van der Waals surface area contributed by atoms with Crippen molar-refractivity contribution in [2.24, 2.45) is 0 Å². The van der Waals surface area contributed by atoms with Gasteiger partial charge in [0.05, 0.1) is 0 Å². The van der Waals surface area contributed by atoms with Crippen LogP contribution in [0.25, 0.3) is 0 Å². The van der Waals surface area contributed by atoms with Crippen LogP contribution in [0.3, 0.4) is 0 Å². The van der Waals surface area contributed by atoms with Gasteiger partial charge in [0.25, 0.3) is 0 Å². The molecule has 0 saturated carbocycles. The van der Waals surface area contributed by atoms with Crippen molar-refractivity contribution in [3.05, 3.63) is 0 Å². The van der Waals surface area contributed by atoms with Crippen LogP contribution in [0.2, 0.25) is 0 Å². The Balaban J connectivity index is 3.20. The fraction of sp³-hybridized carbons (Fsp3) is 0.909. The molecule has 0 atom stereocenters. The van der Waals surface area contributed by atoms with E-state index >= 15 is 0 Å². The second-order valence-corrected chi connectivity index (χ2v) is 8.90. The molecule has 0 fully saturated rings. The topological polar surface area (TPSA) is 52.6 Å². The Bertz CT molecular complexity index is 376. The molecule has 0 heterocycles. The Morgan fingerprint density at radius 1 is 0.643 bits per heavy atom. The van der Waals surface area contributed by atoms with E-state index in [1.165, 1.54) is 83.5 Å². The average molecular weight is 435 g/mol. The molecule has 166 valence electrons. The molecule has 6 heteroatoms. The van der Waals surface area contributed by atoms with Crippen LogP contribution in [0.1, 0.15) is 110 Å². The predicted octanol–water partition coefficient (Wildman–Crippen LogP) is 6.52. The van der Waals surface area contributed by atoms with E-state index < -0.39 is 10.6 Å². The number of ether oxygens (including phenoxy) is 2. The van der Waals surface area contributed by atoms with Gasteiger partial charge in [-0.2, -0.15) is 25.3 Å². The van der Waals surface area contributed by atoms with Gasteiger partial charge in [-0.05, 0) is 6.42 Å². The molecule has 28 heavy (non-hydrogen) atoms. The number of hydrogen-bond acceptors (Lipinski definition) is 6. The molecule has 4 nitrogen and oxygen atoms in total. The molecule has 0 unspecified atom stereocenters. The molecular formula is C22H42O4S2. The van der Waals surface area contributed by atoms with Gasteiger partial charge in [0.2, 0.25) is 0 Å². The number of esters is 2. The lowest BCUT2D eigenvalue weighted by Gasteiger charge is -2.07. The lowest BCUT2D eigenvalue weighted by Crippen LogP contribution is -2.17. The first-order chi connectivity index (χ1) is 13.6. The summed E-state index contributed by atoms with van der Waals surface area (Å²) in [5.74, 6) is -0.746. The molecule has 0 aliphatic heterocycles. The van der Waals surface area contributed by atoms with E-state index in [1.54, 1.807) is 0 Å². The zero-order chi connectivity index (χ0) is 20.9. The lowest BCUT2D eigenvalue weighted by atomic mass is 10.0. The van der Waals surface area contributed by atoms with Gasteiger partial charge in [-0.1, -0.05) is 96.8 Å². The highest BCUT2D eigenvalue weighted by Crippen LogP contribution is 2.13. The molecule has 0 aliphatic rings. The fourth-order valence-corrected chi connectivity index (χ4v) is 3.23. The largest absolute Gasteiger partial charge is 0.462 e. The number of thiol groups is 2. The summed E-state index contributed by atoms with van der Waals surface area (Å²) >= 11 is 7.67. The third-order valence-electron chi connectivity index (χ3n) is 4.79. The SMILES string of the molecule is CCCCCCCCCCCCCCCCCC(=O)OCCOC(=O)C(S)S. The molecule has 0 radical (unpaired) electrons. The monoisotopic (exact) mass is 434 g/mol. The average Bonchev–Trinajstić information content (AvgIpc) is 2.68. The number of hydrogen-bond donors (Lipinski definition) is 2. The number of rotatable bonds is 20.